The maximum absolute atomic E-state index is 13.8. The van der Waals surface area contributed by atoms with E-state index in [-0.39, 0.29) is 23.9 Å². The first-order valence-electron chi connectivity index (χ1n) is 31.3. The van der Waals surface area contributed by atoms with Gasteiger partial charge in [-0.1, -0.05) is 24.3 Å². The molecule has 22 nitrogen and oxygen atoms in total. The number of aryl methyl sites for hydroxylation is 1. The predicted octanol–water partition coefficient (Wildman–Crippen LogP) is 7.94. The summed E-state index contributed by atoms with van der Waals surface area (Å²) in [6.45, 7) is 15.9. The number of aromatic nitrogens is 1. The largest absolute Gasteiger partial charge is 0.593 e. The number of carbonyl (C=O) groups is 3. The number of hydrogen-bond acceptors (Lipinski definition) is 19. The van der Waals surface area contributed by atoms with Gasteiger partial charge in [-0.05, 0) is 117 Å². The van der Waals surface area contributed by atoms with Gasteiger partial charge in [-0.3, -0.25) is 19.4 Å². The number of amides is 3. The zero-order chi connectivity index (χ0) is 66.6. The third kappa shape index (κ3) is 31.3. The van der Waals surface area contributed by atoms with Gasteiger partial charge in [0.25, 0.3) is 17.7 Å². The van der Waals surface area contributed by atoms with Gasteiger partial charge in [-0.2, -0.15) is 13.2 Å². The van der Waals surface area contributed by atoms with Crippen molar-refractivity contribution in [2.24, 2.45) is 0 Å². The van der Waals surface area contributed by atoms with Gasteiger partial charge in [0, 0.05) is 87.7 Å². The minimum absolute atomic E-state index is 0.112. The van der Waals surface area contributed by atoms with Crippen molar-refractivity contribution in [1.82, 2.24) is 19.9 Å². The van der Waals surface area contributed by atoms with E-state index in [1.807, 2.05) is 50.2 Å². The summed E-state index contributed by atoms with van der Waals surface area (Å²) in [5, 5.41) is 5.75. The number of nitrogens with zero attached hydrogens (tertiary/aromatic N) is 3. The van der Waals surface area contributed by atoms with Crippen molar-refractivity contribution in [3.05, 3.63) is 143 Å². The molecule has 0 saturated carbocycles. The molecule has 0 saturated heterocycles. The molecule has 0 aliphatic rings. The first-order valence-corrected chi connectivity index (χ1v) is 32.5. The highest BCUT2D eigenvalue weighted by atomic mass is 32.2. The van der Waals surface area contributed by atoms with Crippen LogP contribution in [0.5, 0.6) is 0 Å². The Morgan fingerprint density at radius 1 is 0.538 bits per heavy atom. The molecule has 0 spiro atoms. The van der Waals surface area contributed by atoms with Crippen LogP contribution in [0.2, 0.25) is 0 Å². The quantitative estimate of drug-likeness (QED) is 0.0247. The fourth-order valence-electron chi connectivity index (χ4n) is 8.93. The molecule has 514 valence electrons. The van der Waals surface area contributed by atoms with Gasteiger partial charge in [0.2, 0.25) is 0 Å². The highest BCUT2D eigenvalue weighted by Gasteiger charge is 2.30. The van der Waals surface area contributed by atoms with E-state index in [9.17, 15) is 32.1 Å². The number of carbonyl (C=O) groups excluding carboxylic acids is 3. The van der Waals surface area contributed by atoms with Crippen molar-refractivity contribution < 1.29 is 88.9 Å². The third-order valence-electron chi connectivity index (χ3n) is 13.9. The summed E-state index contributed by atoms with van der Waals surface area (Å²) in [5.74, 6) is -1.02. The summed E-state index contributed by atoms with van der Waals surface area (Å²) < 4.78 is 122. The minimum Gasteiger partial charge on any atom is -0.593 e. The number of rotatable bonds is 52. The van der Waals surface area contributed by atoms with Crippen LogP contribution in [0, 0.1) is 0 Å². The van der Waals surface area contributed by atoms with Gasteiger partial charge < -0.3 is 81.8 Å². The van der Waals surface area contributed by atoms with Crippen LogP contribution < -0.4 is 20.3 Å². The molecular formula is C67H93F3N6O16S. The van der Waals surface area contributed by atoms with E-state index in [1.54, 1.807) is 55.5 Å². The standard InChI is InChI=1S/C67H93F3N6O16S/c1-5-75(6-2)59-17-20-62(61(51-59)63-50-57(21-22-71-63)64(77)72-52-54-11-8-14-58(49-54)67(68,69)70)74-65(78)56-13-7-10-53(48-56)12-9-26-83-32-35-87-40-41-88-36-33-84-27-23-73-93(80)60-18-15-55(16-19-60)66(79)76(24-28-81-3)25-29-85-34-37-89-42-43-91-46-47-92-45-44-90-39-38-86-31-30-82-4/h7-8,10-11,13-22,48-51,73H,5-6,9,12,23-47,52H2,1-4H3,(H,72,77)(H,74,78). The number of anilines is 2. The van der Waals surface area contributed by atoms with E-state index in [2.05, 4.69) is 25.2 Å². The molecule has 93 heavy (non-hydrogen) atoms. The van der Waals surface area contributed by atoms with Crippen LogP contribution in [0.15, 0.2) is 114 Å². The van der Waals surface area contributed by atoms with Gasteiger partial charge in [0.05, 0.1) is 174 Å². The summed E-state index contributed by atoms with van der Waals surface area (Å²) in [4.78, 5) is 49.4. The molecule has 0 aliphatic heterocycles. The first kappa shape index (κ1) is 77.5. The lowest BCUT2D eigenvalue weighted by molar-refractivity contribution is -0.137. The Morgan fingerprint density at radius 3 is 1.65 bits per heavy atom. The number of alkyl halides is 3. The van der Waals surface area contributed by atoms with Crippen molar-refractivity contribution in [2.45, 2.75) is 44.3 Å². The van der Waals surface area contributed by atoms with Crippen molar-refractivity contribution in [1.29, 1.82) is 0 Å². The van der Waals surface area contributed by atoms with E-state index in [1.165, 1.54) is 24.4 Å². The minimum atomic E-state index is -4.51. The molecule has 3 amide bonds. The van der Waals surface area contributed by atoms with E-state index < -0.39 is 29.0 Å². The normalized spacial score (nSPS) is 11.9. The molecule has 26 heteroatoms. The maximum atomic E-state index is 13.8. The van der Waals surface area contributed by atoms with E-state index in [0.717, 1.165) is 42.9 Å². The fraction of sp³-hybridized carbons (Fsp3) is 0.522. The summed E-state index contributed by atoms with van der Waals surface area (Å²) in [6.07, 6.45) is -1.63. The summed E-state index contributed by atoms with van der Waals surface area (Å²) in [5.41, 5.74) is 4.01. The molecule has 0 fully saturated rings. The van der Waals surface area contributed by atoms with E-state index in [0.29, 0.717) is 210 Å². The topological polar surface area (TPSA) is 240 Å². The number of halogens is 3. The molecule has 0 radical (unpaired) electrons. The highest BCUT2D eigenvalue weighted by Crippen LogP contribution is 2.33. The van der Waals surface area contributed by atoms with Crippen LogP contribution in [-0.2, 0) is 87.3 Å². The second-order valence-corrected chi connectivity index (χ2v) is 21.9. The van der Waals surface area contributed by atoms with Crippen molar-refractivity contribution in [3.8, 4) is 11.3 Å². The zero-order valence-electron chi connectivity index (χ0n) is 54.0. The first-order chi connectivity index (χ1) is 45.3. The Morgan fingerprint density at radius 2 is 1.06 bits per heavy atom. The van der Waals surface area contributed by atoms with Crippen LogP contribution in [0.25, 0.3) is 11.3 Å². The summed E-state index contributed by atoms with van der Waals surface area (Å²) >= 11 is -1.51. The molecule has 1 unspecified atom stereocenters. The second kappa shape index (κ2) is 46.8. The van der Waals surface area contributed by atoms with Crippen LogP contribution >= 0.6 is 0 Å². The number of pyridine rings is 1. The Labute approximate surface area is 547 Å². The number of methoxy groups -OCH3 is 2. The Hall–Kier alpha value is -6.18. The predicted molar refractivity (Wildman–Crippen MR) is 347 cm³/mol. The van der Waals surface area contributed by atoms with Crippen molar-refractivity contribution in [2.75, 3.05) is 203 Å². The molecule has 5 rings (SSSR count). The smallest absolute Gasteiger partial charge is 0.416 e. The number of ether oxygens (including phenoxy) is 12. The fourth-order valence-corrected chi connectivity index (χ4v) is 9.75. The molecule has 0 aliphatic carbocycles. The van der Waals surface area contributed by atoms with Crippen LogP contribution in [-0.4, -0.2) is 224 Å². The third-order valence-corrected chi connectivity index (χ3v) is 15.1. The molecule has 1 aromatic heterocycles. The molecule has 1 atom stereocenters. The number of hydrogen-bond donors (Lipinski definition) is 3. The average Bonchev–Trinajstić information content (AvgIpc) is 0.904. The molecular weight excluding hydrogens is 1230 g/mol. The van der Waals surface area contributed by atoms with Crippen molar-refractivity contribution in [3.63, 3.8) is 0 Å². The SMILES string of the molecule is CCN(CC)c1ccc(NC(=O)c2cccc(CCCOCCOCCOCCOCCN[S+]([O-])c3ccc(C(=O)N(CCOC)CCOCCOCCOCCOCCOCCOCCOC)cc3)c2)c(-c2cc(C(=O)NCc3cccc(C(F)(F)F)c3)ccn2)c1. The highest BCUT2D eigenvalue weighted by molar-refractivity contribution is 7.89. The van der Waals surface area contributed by atoms with Gasteiger partial charge in [0.15, 0.2) is 4.90 Å². The van der Waals surface area contributed by atoms with Gasteiger partial charge >= 0.3 is 6.18 Å². The maximum Gasteiger partial charge on any atom is 0.416 e. The Bertz CT molecular complexity index is 2860. The lowest BCUT2D eigenvalue weighted by Gasteiger charge is -2.23. The Kier molecular flexibility index (Phi) is 39.0. The van der Waals surface area contributed by atoms with Gasteiger partial charge in [-0.15, -0.1) is 4.72 Å². The van der Waals surface area contributed by atoms with Crippen LogP contribution in [0.1, 0.15) is 68.0 Å². The summed E-state index contributed by atoms with van der Waals surface area (Å²) in [7, 11) is 3.21. The van der Waals surface area contributed by atoms with Crippen LogP contribution in [0.4, 0.5) is 24.5 Å². The van der Waals surface area contributed by atoms with Gasteiger partial charge in [0.1, 0.15) is 0 Å². The average molecular weight is 1330 g/mol. The van der Waals surface area contributed by atoms with E-state index in [4.69, 9.17) is 56.8 Å². The lowest BCUT2D eigenvalue weighted by atomic mass is 10.0. The Balaban J connectivity index is 0.879. The monoisotopic (exact) mass is 1330 g/mol. The molecule has 0 bridgehead atoms. The second-order valence-electron chi connectivity index (χ2n) is 20.6. The molecule has 4 aromatic carbocycles. The number of nitrogens with one attached hydrogen (secondary N) is 3. The molecule has 3 N–H and O–H groups in total. The number of benzene rings is 4. The van der Waals surface area contributed by atoms with Crippen molar-refractivity contribution >= 4 is 40.5 Å². The molecule has 5 aromatic rings. The lowest BCUT2D eigenvalue weighted by Crippen LogP contribution is -2.36. The molecule has 1 heterocycles. The van der Waals surface area contributed by atoms with E-state index >= 15 is 0 Å². The summed E-state index contributed by atoms with van der Waals surface area (Å²) in [6, 6.07) is 27.6. The van der Waals surface area contributed by atoms with Gasteiger partial charge in [-0.25, -0.2) is 0 Å². The van der Waals surface area contributed by atoms with Crippen LogP contribution in [0.3, 0.4) is 0 Å². The zero-order valence-corrected chi connectivity index (χ0v) is 54.8.